The lowest BCUT2D eigenvalue weighted by Gasteiger charge is -1.95. The first kappa shape index (κ1) is 10.4. The summed E-state index contributed by atoms with van der Waals surface area (Å²) >= 11 is 2.11. The first-order valence-corrected chi connectivity index (χ1v) is 5.36. The van der Waals surface area contributed by atoms with Crippen LogP contribution < -0.4 is 0 Å². The molecule has 0 heterocycles. The van der Waals surface area contributed by atoms with Crippen molar-refractivity contribution >= 4 is 34.5 Å². The first-order chi connectivity index (χ1) is 6.20. The van der Waals surface area contributed by atoms with Crippen molar-refractivity contribution in [2.75, 3.05) is 0 Å². The molecule has 0 amide bonds. The molecule has 0 aliphatic heterocycles. The summed E-state index contributed by atoms with van der Waals surface area (Å²) in [6.45, 7) is 1.89. The predicted octanol–water partition coefficient (Wildman–Crippen LogP) is 3.09. The lowest BCUT2D eigenvalue weighted by Crippen LogP contribution is -2.04. The van der Waals surface area contributed by atoms with Crippen molar-refractivity contribution in [3.05, 3.63) is 42.0 Å². The molecule has 1 unspecified atom stereocenters. The number of carbonyl (C=O) groups is 1. The van der Waals surface area contributed by atoms with Crippen LogP contribution in [0, 0.1) is 0 Å². The number of hydrogen-bond acceptors (Lipinski definition) is 1. The molecule has 0 N–H and O–H groups in total. The van der Waals surface area contributed by atoms with E-state index in [0.29, 0.717) is 0 Å². The van der Waals surface area contributed by atoms with Crippen LogP contribution in [-0.4, -0.2) is 9.71 Å². The molecule has 0 radical (unpaired) electrons. The fourth-order valence-electron chi connectivity index (χ4n) is 0.875. The molecule has 0 saturated heterocycles. The molecular formula is C11H11IO. The van der Waals surface area contributed by atoms with E-state index in [1.165, 1.54) is 0 Å². The van der Waals surface area contributed by atoms with Gasteiger partial charge in [0.15, 0.2) is 5.78 Å². The molecular weight excluding hydrogens is 275 g/mol. The minimum atomic E-state index is 0.0533. The molecule has 0 spiro atoms. The van der Waals surface area contributed by atoms with Crippen LogP contribution >= 0.6 is 22.6 Å². The summed E-state index contributed by atoms with van der Waals surface area (Å²) in [5, 5.41) is 0. The van der Waals surface area contributed by atoms with Crippen LogP contribution in [0.3, 0.4) is 0 Å². The monoisotopic (exact) mass is 286 g/mol. The van der Waals surface area contributed by atoms with Gasteiger partial charge in [-0.3, -0.25) is 4.79 Å². The van der Waals surface area contributed by atoms with E-state index in [1.807, 2.05) is 43.3 Å². The first-order valence-electron chi connectivity index (χ1n) is 4.11. The third kappa shape index (κ3) is 3.72. The van der Waals surface area contributed by atoms with Crippen LogP contribution in [0.2, 0.25) is 0 Å². The Bertz CT molecular complexity index is 301. The van der Waals surface area contributed by atoms with Gasteiger partial charge in [0, 0.05) is 0 Å². The largest absolute Gasteiger partial charge is 0.294 e. The molecule has 0 aliphatic rings. The Kier molecular flexibility index (Phi) is 4.15. The van der Waals surface area contributed by atoms with Gasteiger partial charge in [-0.1, -0.05) is 59.0 Å². The highest BCUT2D eigenvalue weighted by Crippen LogP contribution is 2.05. The van der Waals surface area contributed by atoms with Crippen LogP contribution in [0.15, 0.2) is 36.4 Å². The maximum absolute atomic E-state index is 11.2. The number of halogens is 1. The van der Waals surface area contributed by atoms with Crippen molar-refractivity contribution in [1.82, 2.24) is 0 Å². The van der Waals surface area contributed by atoms with Crippen molar-refractivity contribution in [1.29, 1.82) is 0 Å². The van der Waals surface area contributed by atoms with Crippen LogP contribution in [0.25, 0.3) is 6.08 Å². The summed E-state index contributed by atoms with van der Waals surface area (Å²) in [5.74, 6) is 0.157. The maximum Gasteiger partial charge on any atom is 0.168 e. The molecule has 1 aromatic rings. The number of rotatable bonds is 3. The van der Waals surface area contributed by atoms with Crippen LogP contribution in [0.5, 0.6) is 0 Å². The molecule has 1 aromatic carbocycles. The van der Waals surface area contributed by atoms with Crippen LogP contribution in [0.4, 0.5) is 0 Å². The van der Waals surface area contributed by atoms with Gasteiger partial charge in [0.25, 0.3) is 0 Å². The average Bonchev–Trinajstić information content (AvgIpc) is 2.15. The van der Waals surface area contributed by atoms with E-state index in [0.717, 1.165) is 5.56 Å². The van der Waals surface area contributed by atoms with Crippen molar-refractivity contribution in [2.24, 2.45) is 0 Å². The number of carbonyl (C=O) groups excluding carboxylic acids is 1. The fraction of sp³-hybridized carbons (Fsp3) is 0.182. The summed E-state index contributed by atoms with van der Waals surface area (Å²) in [6.07, 6.45) is 3.48. The number of hydrogen-bond donors (Lipinski definition) is 0. The summed E-state index contributed by atoms with van der Waals surface area (Å²) in [6, 6.07) is 9.82. The minimum Gasteiger partial charge on any atom is -0.294 e. The second-order valence-electron chi connectivity index (χ2n) is 2.76. The minimum absolute atomic E-state index is 0.0533. The summed E-state index contributed by atoms with van der Waals surface area (Å²) < 4.78 is 0.0533. The van der Waals surface area contributed by atoms with Gasteiger partial charge in [0.05, 0.1) is 3.92 Å². The highest BCUT2D eigenvalue weighted by Gasteiger charge is 2.02. The second kappa shape index (κ2) is 5.17. The van der Waals surface area contributed by atoms with Gasteiger partial charge in [-0.25, -0.2) is 0 Å². The number of allylic oxidation sites excluding steroid dienone is 1. The zero-order valence-corrected chi connectivity index (χ0v) is 9.56. The molecule has 0 bridgehead atoms. The molecule has 0 aromatic heterocycles. The summed E-state index contributed by atoms with van der Waals surface area (Å²) in [4.78, 5) is 11.2. The van der Waals surface area contributed by atoms with Crippen molar-refractivity contribution in [2.45, 2.75) is 10.8 Å². The number of benzene rings is 1. The zero-order chi connectivity index (χ0) is 9.68. The van der Waals surface area contributed by atoms with Crippen molar-refractivity contribution in [3.8, 4) is 0 Å². The molecule has 0 aliphatic carbocycles. The van der Waals surface area contributed by atoms with Gasteiger partial charge >= 0.3 is 0 Å². The summed E-state index contributed by atoms with van der Waals surface area (Å²) in [7, 11) is 0. The van der Waals surface area contributed by atoms with Crippen LogP contribution in [0.1, 0.15) is 12.5 Å². The van der Waals surface area contributed by atoms with E-state index in [9.17, 15) is 4.79 Å². The molecule has 13 heavy (non-hydrogen) atoms. The SMILES string of the molecule is CC(I)C(=O)/C=C/c1ccccc1. The van der Waals surface area contributed by atoms with Gasteiger partial charge in [-0.05, 0) is 18.6 Å². The van der Waals surface area contributed by atoms with E-state index in [4.69, 9.17) is 0 Å². The third-order valence-corrected chi connectivity index (χ3v) is 2.25. The Balaban J connectivity index is 2.64. The molecule has 2 heteroatoms. The van der Waals surface area contributed by atoms with E-state index in [1.54, 1.807) is 6.08 Å². The van der Waals surface area contributed by atoms with Crippen molar-refractivity contribution in [3.63, 3.8) is 0 Å². The third-order valence-electron chi connectivity index (χ3n) is 1.63. The standard InChI is InChI=1S/C11H11IO/c1-9(12)11(13)8-7-10-5-3-2-4-6-10/h2-9H,1H3/b8-7+. The fourth-order valence-corrected chi connectivity index (χ4v) is 1.08. The smallest absolute Gasteiger partial charge is 0.168 e. The predicted molar refractivity (Wildman–Crippen MR) is 64.0 cm³/mol. The van der Waals surface area contributed by atoms with E-state index < -0.39 is 0 Å². The molecule has 0 fully saturated rings. The zero-order valence-electron chi connectivity index (χ0n) is 7.41. The number of alkyl halides is 1. The Morgan fingerprint density at radius 2 is 2.00 bits per heavy atom. The topological polar surface area (TPSA) is 17.1 Å². The van der Waals surface area contributed by atoms with Gasteiger partial charge in [-0.15, -0.1) is 0 Å². The van der Waals surface area contributed by atoms with Gasteiger partial charge in [-0.2, -0.15) is 0 Å². The van der Waals surface area contributed by atoms with Crippen molar-refractivity contribution < 1.29 is 4.79 Å². The molecule has 68 valence electrons. The van der Waals surface area contributed by atoms with Gasteiger partial charge < -0.3 is 0 Å². The van der Waals surface area contributed by atoms with Gasteiger partial charge in [0.1, 0.15) is 0 Å². The van der Waals surface area contributed by atoms with E-state index in [2.05, 4.69) is 22.6 Å². The second-order valence-corrected chi connectivity index (χ2v) is 4.63. The number of ketones is 1. The van der Waals surface area contributed by atoms with Gasteiger partial charge in [0.2, 0.25) is 0 Å². The normalized spacial score (nSPS) is 13.1. The lowest BCUT2D eigenvalue weighted by atomic mass is 10.2. The Morgan fingerprint density at radius 3 is 2.54 bits per heavy atom. The lowest BCUT2D eigenvalue weighted by molar-refractivity contribution is -0.113. The maximum atomic E-state index is 11.2. The Labute approximate surface area is 92.0 Å². The molecule has 1 atom stereocenters. The highest BCUT2D eigenvalue weighted by molar-refractivity contribution is 14.1. The quantitative estimate of drug-likeness (QED) is 0.474. The average molecular weight is 286 g/mol. The van der Waals surface area contributed by atoms with E-state index >= 15 is 0 Å². The highest BCUT2D eigenvalue weighted by atomic mass is 127. The Hall–Kier alpha value is -0.640. The molecule has 1 nitrogen and oxygen atoms in total. The molecule has 1 rings (SSSR count). The Morgan fingerprint density at radius 1 is 1.38 bits per heavy atom. The van der Waals surface area contributed by atoms with E-state index in [-0.39, 0.29) is 9.71 Å². The summed E-state index contributed by atoms with van der Waals surface area (Å²) in [5.41, 5.74) is 1.06. The molecule has 0 saturated carbocycles. The van der Waals surface area contributed by atoms with Crippen LogP contribution in [-0.2, 0) is 4.79 Å².